The maximum absolute atomic E-state index is 12.7. The van der Waals surface area contributed by atoms with Crippen molar-refractivity contribution in [1.29, 1.82) is 5.26 Å². The molecule has 0 heterocycles. The molecular formula is C13H13F3N2O2. The number of aliphatic carboxylic acids is 1. The predicted octanol–water partition coefficient (Wildman–Crippen LogP) is 2.88. The lowest BCUT2D eigenvalue weighted by molar-refractivity contribution is -0.142. The fraction of sp³-hybridized carbons (Fsp3) is 0.385. The van der Waals surface area contributed by atoms with Gasteiger partial charge in [-0.2, -0.15) is 18.4 Å². The molecule has 1 N–H and O–H groups in total. The predicted molar refractivity (Wildman–Crippen MR) is 66.3 cm³/mol. The Kier molecular flexibility index (Phi) is 3.99. The Morgan fingerprint density at radius 2 is 1.90 bits per heavy atom. The van der Waals surface area contributed by atoms with Gasteiger partial charge in [-0.15, -0.1) is 0 Å². The minimum atomic E-state index is -4.62. The van der Waals surface area contributed by atoms with E-state index in [1.165, 1.54) is 31.9 Å². The van der Waals surface area contributed by atoms with Gasteiger partial charge in [0.2, 0.25) is 0 Å². The van der Waals surface area contributed by atoms with Crippen molar-refractivity contribution in [3.05, 3.63) is 29.3 Å². The normalized spacial score (nSPS) is 11.8. The quantitative estimate of drug-likeness (QED) is 0.928. The Morgan fingerprint density at radius 3 is 2.30 bits per heavy atom. The minimum Gasteiger partial charge on any atom is -0.480 e. The van der Waals surface area contributed by atoms with E-state index in [2.05, 4.69) is 0 Å². The van der Waals surface area contributed by atoms with E-state index in [4.69, 9.17) is 10.4 Å². The van der Waals surface area contributed by atoms with Crippen LogP contribution >= 0.6 is 0 Å². The molecule has 0 aliphatic heterocycles. The Hall–Kier alpha value is -2.23. The Bertz CT molecular complexity index is 574. The molecule has 0 aromatic heterocycles. The number of alkyl halides is 3. The van der Waals surface area contributed by atoms with Crippen molar-refractivity contribution >= 4 is 11.7 Å². The highest BCUT2D eigenvalue weighted by Gasteiger charge is 2.36. The highest BCUT2D eigenvalue weighted by Crippen LogP contribution is 2.34. The summed E-state index contributed by atoms with van der Waals surface area (Å²) in [6.45, 7) is 2.83. The van der Waals surface area contributed by atoms with Crippen molar-refractivity contribution in [1.82, 2.24) is 0 Å². The van der Waals surface area contributed by atoms with Crippen molar-refractivity contribution < 1.29 is 23.1 Å². The van der Waals surface area contributed by atoms with Crippen molar-refractivity contribution in [3.63, 3.8) is 0 Å². The molecule has 20 heavy (non-hydrogen) atoms. The molecule has 0 amide bonds. The van der Waals surface area contributed by atoms with Gasteiger partial charge in [-0.05, 0) is 32.0 Å². The second kappa shape index (κ2) is 5.04. The van der Waals surface area contributed by atoms with Gasteiger partial charge in [0.05, 0.1) is 17.2 Å². The van der Waals surface area contributed by atoms with Crippen LogP contribution in [0.2, 0.25) is 0 Å². The zero-order valence-corrected chi connectivity index (χ0v) is 11.1. The first-order valence-corrected chi connectivity index (χ1v) is 5.60. The lowest BCUT2D eigenvalue weighted by atomic mass is 10.0. The monoisotopic (exact) mass is 286 g/mol. The van der Waals surface area contributed by atoms with Crippen LogP contribution in [0, 0.1) is 11.3 Å². The summed E-state index contributed by atoms with van der Waals surface area (Å²) in [7, 11) is 1.44. The number of anilines is 1. The van der Waals surface area contributed by atoms with Crippen LogP contribution in [-0.4, -0.2) is 23.7 Å². The van der Waals surface area contributed by atoms with Gasteiger partial charge < -0.3 is 10.0 Å². The molecule has 108 valence electrons. The van der Waals surface area contributed by atoms with Crippen LogP contribution in [-0.2, 0) is 11.0 Å². The summed E-state index contributed by atoms with van der Waals surface area (Å²) in [5.74, 6) is -1.13. The third-order valence-corrected chi connectivity index (χ3v) is 3.18. The number of benzene rings is 1. The Balaban J connectivity index is 3.32. The summed E-state index contributed by atoms with van der Waals surface area (Å²) in [6, 6.07) is 4.45. The summed E-state index contributed by atoms with van der Waals surface area (Å²) < 4.78 is 38.0. The standard InChI is InChI=1S/C13H13F3N2O2/c1-12(2,11(19)20)18(3)9-4-5-10(13(14,15)16)8(6-9)7-17/h4-6H,1-3H3,(H,19,20). The number of likely N-dealkylation sites (N-methyl/N-ethyl adjacent to an activating group) is 1. The molecule has 7 heteroatoms. The lowest BCUT2D eigenvalue weighted by Gasteiger charge is -2.33. The zero-order valence-electron chi connectivity index (χ0n) is 11.1. The summed E-state index contributed by atoms with van der Waals surface area (Å²) in [5.41, 5.74) is -2.66. The van der Waals surface area contributed by atoms with Crippen molar-refractivity contribution in [2.75, 3.05) is 11.9 Å². The average Bonchev–Trinajstić information content (AvgIpc) is 2.35. The largest absolute Gasteiger partial charge is 0.480 e. The molecule has 1 rings (SSSR count). The molecule has 0 atom stereocenters. The van der Waals surface area contributed by atoms with Gasteiger partial charge in [0, 0.05) is 12.7 Å². The van der Waals surface area contributed by atoms with Crippen LogP contribution in [0.5, 0.6) is 0 Å². The molecule has 0 unspecified atom stereocenters. The maximum atomic E-state index is 12.7. The highest BCUT2D eigenvalue weighted by molar-refractivity contribution is 5.82. The summed E-state index contributed by atoms with van der Waals surface area (Å²) in [5, 5.41) is 17.9. The van der Waals surface area contributed by atoms with E-state index in [9.17, 15) is 18.0 Å². The highest BCUT2D eigenvalue weighted by atomic mass is 19.4. The van der Waals surface area contributed by atoms with E-state index in [-0.39, 0.29) is 5.69 Å². The lowest BCUT2D eigenvalue weighted by Crippen LogP contribution is -2.48. The number of nitriles is 1. The van der Waals surface area contributed by atoms with Crippen molar-refractivity contribution in [2.45, 2.75) is 25.6 Å². The van der Waals surface area contributed by atoms with Crippen LogP contribution in [0.15, 0.2) is 18.2 Å². The topological polar surface area (TPSA) is 64.3 Å². The Labute approximate surface area is 114 Å². The van der Waals surface area contributed by atoms with Crippen molar-refractivity contribution in [3.8, 4) is 6.07 Å². The smallest absolute Gasteiger partial charge is 0.417 e. The molecule has 0 aliphatic rings. The van der Waals surface area contributed by atoms with Crippen LogP contribution < -0.4 is 4.90 Å². The molecule has 0 fully saturated rings. The number of carbonyl (C=O) groups is 1. The van der Waals surface area contributed by atoms with E-state index in [0.29, 0.717) is 0 Å². The van der Waals surface area contributed by atoms with Gasteiger partial charge in [0.15, 0.2) is 0 Å². The molecule has 0 saturated heterocycles. The first-order valence-electron chi connectivity index (χ1n) is 5.60. The molecule has 0 aliphatic carbocycles. The molecule has 1 aromatic rings. The number of carboxylic acids is 1. The number of hydrogen-bond acceptors (Lipinski definition) is 3. The molecule has 1 aromatic carbocycles. The molecule has 0 spiro atoms. The first-order chi connectivity index (χ1) is 9.01. The first kappa shape index (κ1) is 15.8. The number of rotatable bonds is 3. The second-order valence-corrected chi connectivity index (χ2v) is 4.76. The van der Waals surface area contributed by atoms with Gasteiger partial charge in [0.25, 0.3) is 0 Å². The van der Waals surface area contributed by atoms with Crippen LogP contribution in [0.4, 0.5) is 18.9 Å². The fourth-order valence-corrected chi connectivity index (χ4v) is 1.55. The van der Waals surface area contributed by atoms with E-state index < -0.39 is 28.8 Å². The van der Waals surface area contributed by atoms with Gasteiger partial charge >= 0.3 is 12.1 Å². The zero-order chi connectivity index (χ0) is 15.7. The van der Waals surface area contributed by atoms with E-state index >= 15 is 0 Å². The van der Waals surface area contributed by atoms with Crippen molar-refractivity contribution in [2.24, 2.45) is 0 Å². The van der Waals surface area contributed by atoms with E-state index in [1.807, 2.05) is 0 Å². The summed E-state index contributed by atoms with van der Waals surface area (Å²) >= 11 is 0. The van der Waals surface area contributed by atoms with Gasteiger partial charge in [-0.1, -0.05) is 0 Å². The maximum Gasteiger partial charge on any atom is 0.417 e. The van der Waals surface area contributed by atoms with Gasteiger partial charge in [-0.3, -0.25) is 0 Å². The fourth-order valence-electron chi connectivity index (χ4n) is 1.55. The molecule has 0 radical (unpaired) electrons. The molecule has 4 nitrogen and oxygen atoms in total. The average molecular weight is 286 g/mol. The number of halogens is 3. The summed E-state index contributed by atoms with van der Waals surface area (Å²) in [4.78, 5) is 12.4. The van der Waals surface area contributed by atoms with Gasteiger partial charge in [-0.25, -0.2) is 4.79 Å². The van der Waals surface area contributed by atoms with Gasteiger partial charge in [0.1, 0.15) is 5.54 Å². The SMILES string of the molecule is CN(c1ccc(C(F)(F)F)c(C#N)c1)C(C)(C)C(=O)O. The molecule has 0 bridgehead atoms. The minimum absolute atomic E-state index is 0.224. The van der Waals surface area contributed by atoms with E-state index in [0.717, 1.165) is 18.2 Å². The second-order valence-electron chi connectivity index (χ2n) is 4.76. The number of carboxylic acid groups (broad SMARTS) is 1. The van der Waals surface area contributed by atoms with Crippen LogP contribution in [0.3, 0.4) is 0 Å². The third kappa shape index (κ3) is 2.85. The molecule has 0 saturated carbocycles. The number of hydrogen-bond donors (Lipinski definition) is 1. The summed E-state index contributed by atoms with van der Waals surface area (Å²) in [6.07, 6.45) is -4.62. The Morgan fingerprint density at radius 1 is 1.35 bits per heavy atom. The third-order valence-electron chi connectivity index (χ3n) is 3.18. The van der Waals surface area contributed by atoms with Crippen LogP contribution in [0.1, 0.15) is 25.0 Å². The van der Waals surface area contributed by atoms with Crippen LogP contribution in [0.25, 0.3) is 0 Å². The van der Waals surface area contributed by atoms with E-state index in [1.54, 1.807) is 0 Å². The molecular weight excluding hydrogens is 273 g/mol. The number of nitrogens with zero attached hydrogens (tertiary/aromatic N) is 2.